The number of urea groups is 1. The molecule has 3 amide bonds. The number of anilines is 1. The molecular formula is C20H25N5O3. The first-order valence-corrected chi connectivity index (χ1v) is 9.59. The van der Waals surface area contributed by atoms with E-state index in [2.05, 4.69) is 28.2 Å². The molecule has 8 nitrogen and oxygen atoms in total. The SMILES string of the molecule is CC(CCc1ccco1)NC1NCC2C(=O)N(c3ccccc3)C(=O)NC2N1. The van der Waals surface area contributed by atoms with Gasteiger partial charge in [0.15, 0.2) is 0 Å². The van der Waals surface area contributed by atoms with E-state index in [0.717, 1.165) is 18.6 Å². The summed E-state index contributed by atoms with van der Waals surface area (Å²) in [6.45, 7) is 2.57. The van der Waals surface area contributed by atoms with Gasteiger partial charge in [-0.25, -0.2) is 9.69 Å². The Morgan fingerprint density at radius 1 is 1.21 bits per heavy atom. The summed E-state index contributed by atoms with van der Waals surface area (Å²) in [7, 11) is 0. The lowest BCUT2D eigenvalue weighted by Gasteiger charge is -2.44. The average Bonchev–Trinajstić information content (AvgIpc) is 3.21. The smallest absolute Gasteiger partial charge is 0.330 e. The molecule has 2 aliphatic rings. The molecule has 4 N–H and O–H groups in total. The molecule has 1 aromatic heterocycles. The molecule has 28 heavy (non-hydrogen) atoms. The predicted molar refractivity (Wildman–Crippen MR) is 104 cm³/mol. The molecule has 0 radical (unpaired) electrons. The van der Waals surface area contributed by atoms with Crippen molar-refractivity contribution in [1.29, 1.82) is 0 Å². The number of furan rings is 1. The predicted octanol–water partition coefficient (Wildman–Crippen LogP) is 1.37. The van der Waals surface area contributed by atoms with E-state index in [-0.39, 0.29) is 24.2 Å². The van der Waals surface area contributed by atoms with Crippen LogP contribution in [-0.4, -0.2) is 37.0 Å². The quantitative estimate of drug-likeness (QED) is 0.601. The second-order valence-corrected chi connectivity index (χ2v) is 7.24. The molecule has 2 aromatic rings. The average molecular weight is 383 g/mol. The summed E-state index contributed by atoms with van der Waals surface area (Å²) in [4.78, 5) is 26.6. The van der Waals surface area contributed by atoms with Gasteiger partial charge in [0, 0.05) is 19.0 Å². The van der Waals surface area contributed by atoms with Gasteiger partial charge in [-0.15, -0.1) is 0 Å². The minimum atomic E-state index is -0.406. The highest BCUT2D eigenvalue weighted by Crippen LogP contribution is 2.23. The Bertz CT molecular complexity index is 811. The molecule has 2 fully saturated rings. The highest BCUT2D eigenvalue weighted by molar-refractivity contribution is 6.17. The van der Waals surface area contributed by atoms with Gasteiger partial charge in [-0.1, -0.05) is 18.2 Å². The van der Waals surface area contributed by atoms with Crippen molar-refractivity contribution in [1.82, 2.24) is 21.3 Å². The first-order chi connectivity index (χ1) is 13.6. The number of hydrogen-bond donors (Lipinski definition) is 4. The molecule has 2 aliphatic heterocycles. The molecule has 2 saturated heterocycles. The summed E-state index contributed by atoms with van der Waals surface area (Å²) < 4.78 is 5.37. The topological polar surface area (TPSA) is 98.6 Å². The summed E-state index contributed by atoms with van der Waals surface area (Å²) in [5, 5.41) is 13.0. The molecular weight excluding hydrogens is 358 g/mol. The van der Waals surface area contributed by atoms with Crippen LogP contribution in [0.2, 0.25) is 0 Å². The Morgan fingerprint density at radius 2 is 2.04 bits per heavy atom. The molecule has 3 heterocycles. The molecule has 0 spiro atoms. The van der Waals surface area contributed by atoms with Crippen LogP contribution in [0.1, 0.15) is 19.1 Å². The molecule has 4 atom stereocenters. The molecule has 8 heteroatoms. The van der Waals surface area contributed by atoms with Gasteiger partial charge in [0.05, 0.1) is 24.0 Å². The normalized spacial score (nSPS) is 25.9. The zero-order valence-electron chi connectivity index (χ0n) is 15.7. The fourth-order valence-electron chi connectivity index (χ4n) is 3.66. The summed E-state index contributed by atoms with van der Waals surface area (Å²) in [6.07, 6.45) is 2.84. The highest BCUT2D eigenvalue weighted by atomic mass is 16.3. The van der Waals surface area contributed by atoms with E-state index in [1.807, 2.05) is 30.3 Å². The van der Waals surface area contributed by atoms with E-state index < -0.39 is 12.2 Å². The van der Waals surface area contributed by atoms with Crippen LogP contribution in [0.15, 0.2) is 53.1 Å². The van der Waals surface area contributed by atoms with Gasteiger partial charge in [-0.2, -0.15) is 0 Å². The molecule has 148 valence electrons. The summed E-state index contributed by atoms with van der Waals surface area (Å²) in [6, 6.07) is 12.7. The fraction of sp³-hybridized carbons (Fsp3) is 0.400. The zero-order chi connectivity index (χ0) is 19.5. The van der Waals surface area contributed by atoms with Gasteiger partial charge in [0.1, 0.15) is 12.0 Å². The Morgan fingerprint density at radius 3 is 2.79 bits per heavy atom. The van der Waals surface area contributed by atoms with Crippen molar-refractivity contribution in [2.24, 2.45) is 5.92 Å². The Balaban J connectivity index is 1.33. The molecule has 0 saturated carbocycles. The van der Waals surface area contributed by atoms with Crippen molar-refractivity contribution >= 4 is 17.6 Å². The monoisotopic (exact) mass is 383 g/mol. The van der Waals surface area contributed by atoms with Gasteiger partial charge in [0.25, 0.3) is 0 Å². The lowest BCUT2D eigenvalue weighted by molar-refractivity contribution is -0.124. The maximum Gasteiger partial charge on any atom is 0.330 e. The number of nitrogens with one attached hydrogen (secondary N) is 4. The van der Waals surface area contributed by atoms with E-state index in [1.54, 1.807) is 18.4 Å². The van der Waals surface area contributed by atoms with E-state index >= 15 is 0 Å². The number of carbonyl (C=O) groups excluding carboxylic acids is 2. The number of aryl methyl sites for hydroxylation is 1. The first kappa shape index (κ1) is 18.7. The van der Waals surface area contributed by atoms with Gasteiger partial charge < -0.3 is 9.73 Å². The van der Waals surface area contributed by atoms with E-state index in [9.17, 15) is 9.59 Å². The van der Waals surface area contributed by atoms with Crippen LogP contribution in [0.5, 0.6) is 0 Å². The van der Waals surface area contributed by atoms with Crippen LogP contribution in [0.25, 0.3) is 0 Å². The van der Waals surface area contributed by atoms with Crippen molar-refractivity contribution in [3.8, 4) is 0 Å². The van der Waals surface area contributed by atoms with Crippen molar-refractivity contribution in [3.05, 3.63) is 54.5 Å². The summed E-state index contributed by atoms with van der Waals surface area (Å²) in [5.41, 5.74) is 0.579. The number of benzene rings is 1. The van der Waals surface area contributed by atoms with E-state index in [4.69, 9.17) is 4.42 Å². The number of hydrogen-bond acceptors (Lipinski definition) is 6. The molecule has 1 aromatic carbocycles. The van der Waals surface area contributed by atoms with Crippen LogP contribution in [0, 0.1) is 5.92 Å². The third kappa shape index (κ3) is 3.94. The number of rotatable bonds is 6. The second kappa shape index (κ2) is 8.14. The van der Waals surface area contributed by atoms with Crippen LogP contribution in [0.4, 0.5) is 10.5 Å². The molecule has 4 rings (SSSR count). The third-order valence-corrected chi connectivity index (χ3v) is 5.18. The number of carbonyl (C=O) groups is 2. The van der Waals surface area contributed by atoms with Crippen LogP contribution < -0.4 is 26.2 Å². The molecule has 0 aliphatic carbocycles. The maximum atomic E-state index is 12.9. The number of nitrogens with zero attached hydrogens (tertiary/aromatic N) is 1. The fourth-order valence-corrected chi connectivity index (χ4v) is 3.66. The third-order valence-electron chi connectivity index (χ3n) is 5.18. The first-order valence-electron chi connectivity index (χ1n) is 9.59. The number of fused-ring (bicyclic) bond motifs is 1. The Kier molecular flexibility index (Phi) is 5.43. The van der Waals surface area contributed by atoms with E-state index in [0.29, 0.717) is 12.2 Å². The number of para-hydroxylation sites is 1. The van der Waals surface area contributed by atoms with Crippen LogP contribution in [-0.2, 0) is 11.2 Å². The van der Waals surface area contributed by atoms with Gasteiger partial charge in [-0.3, -0.25) is 20.7 Å². The van der Waals surface area contributed by atoms with Gasteiger partial charge in [-0.05, 0) is 37.6 Å². The van der Waals surface area contributed by atoms with Crippen LogP contribution >= 0.6 is 0 Å². The number of imide groups is 1. The van der Waals surface area contributed by atoms with Crippen LogP contribution in [0.3, 0.4) is 0 Å². The van der Waals surface area contributed by atoms with Crippen molar-refractivity contribution < 1.29 is 14.0 Å². The minimum Gasteiger partial charge on any atom is -0.469 e. The highest BCUT2D eigenvalue weighted by Gasteiger charge is 2.44. The Hall–Kier alpha value is -2.68. The van der Waals surface area contributed by atoms with E-state index in [1.165, 1.54) is 4.90 Å². The molecule has 4 unspecified atom stereocenters. The second-order valence-electron chi connectivity index (χ2n) is 7.24. The van der Waals surface area contributed by atoms with Crippen molar-refractivity contribution in [2.75, 3.05) is 11.4 Å². The largest absolute Gasteiger partial charge is 0.469 e. The standard InChI is InChI=1S/C20H25N5O3/c1-13(9-10-15-8-5-11-28-15)22-19-21-12-16-17(23-19)24-20(27)25(18(16)26)14-6-3-2-4-7-14/h2-8,11,13,16-17,19,21-23H,9-10,12H2,1H3,(H,24,27). The van der Waals surface area contributed by atoms with Crippen molar-refractivity contribution in [2.45, 2.75) is 38.3 Å². The lowest BCUT2D eigenvalue weighted by Crippen LogP contribution is -2.75. The Labute approximate surface area is 163 Å². The zero-order valence-corrected chi connectivity index (χ0v) is 15.7. The maximum absolute atomic E-state index is 12.9. The lowest BCUT2D eigenvalue weighted by atomic mass is 9.99. The van der Waals surface area contributed by atoms with Gasteiger partial charge in [0.2, 0.25) is 5.91 Å². The number of amides is 3. The summed E-state index contributed by atoms with van der Waals surface area (Å²) >= 11 is 0. The van der Waals surface area contributed by atoms with Gasteiger partial charge >= 0.3 is 6.03 Å². The minimum absolute atomic E-state index is 0.191. The summed E-state index contributed by atoms with van der Waals surface area (Å²) in [5.74, 6) is 0.392. The molecule has 0 bridgehead atoms. The van der Waals surface area contributed by atoms with Crippen molar-refractivity contribution in [3.63, 3.8) is 0 Å².